The SMILES string of the molecule is O=C(Nc1cc(F)cc(F)c1)c1cn2c(n1)NCCC2. The molecule has 1 aromatic carbocycles. The lowest BCUT2D eigenvalue weighted by Gasteiger charge is -2.14. The van der Waals surface area contributed by atoms with E-state index in [9.17, 15) is 13.6 Å². The monoisotopic (exact) mass is 278 g/mol. The molecule has 0 radical (unpaired) electrons. The zero-order valence-corrected chi connectivity index (χ0v) is 10.5. The van der Waals surface area contributed by atoms with Gasteiger partial charge in [-0.05, 0) is 18.6 Å². The molecule has 7 heteroatoms. The standard InChI is InChI=1S/C13H12F2N4O/c14-8-4-9(15)6-10(5-8)17-12(20)11-7-19-3-1-2-16-13(19)18-11/h4-7H,1-3H2,(H,16,18)(H,17,20). The quantitative estimate of drug-likeness (QED) is 0.885. The molecule has 2 heterocycles. The van der Waals surface area contributed by atoms with E-state index in [4.69, 9.17) is 0 Å². The predicted molar refractivity (Wildman–Crippen MR) is 69.6 cm³/mol. The summed E-state index contributed by atoms with van der Waals surface area (Å²) in [5.41, 5.74) is 0.269. The average Bonchev–Trinajstić information content (AvgIpc) is 2.81. The first-order valence-electron chi connectivity index (χ1n) is 6.20. The lowest BCUT2D eigenvalue weighted by Crippen LogP contribution is -2.16. The summed E-state index contributed by atoms with van der Waals surface area (Å²) in [6.07, 6.45) is 2.58. The van der Waals surface area contributed by atoms with Gasteiger partial charge in [-0.2, -0.15) is 0 Å². The molecule has 0 saturated heterocycles. The molecule has 0 saturated carbocycles. The van der Waals surface area contributed by atoms with Gasteiger partial charge in [0.05, 0.1) is 0 Å². The number of nitrogens with zero attached hydrogens (tertiary/aromatic N) is 2. The first kappa shape index (κ1) is 12.6. The molecule has 2 N–H and O–H groups in total. The van der Waals surface area contributed by atoms with Crippen LogP contribution in [0.2, 0.25) is 0 Å². The second kappa shape index (κ2) is 4.92. The molecule has 0 aliphatic carbocycles. The van der Waals surface area contributed by atoms with E-state index in [-0.39, 0.29) is 11.4 Å². The Morgan fingerprint density at radius 3 is 2.75 bits per heavy atom. The first-order valence-corrected chi connectivity index (χ1v) is 6.20. The van der Waals surface area contributed by atoms with Crippen molar-refractivity contribution < 1.29 is 13.6 Å². The predicted octanol–water partition coefficient (Wildman–Crippen LogP) is 2.23. The molecule has 1 aliphatic heterocycles. The normalized spacial score (nSPS) is 13.5. The van der Waals surface area contributed by atoms with E-state index < -0.39 is 17.5 Å². The van der Waals surface area contributed by atoms with Gasteiger partial charge in [-0.1, -0.05) is 0 Å². The fourth-order valence-electron chi connectivity index (χ4n) is 2.11. The Morgan fingerprint density at radius 1 is 1.30 bits per heavy atom. The van der Waals surface area contributed by atoms with E-state index >= 15 is 0 Å². The number of anilines is 2. The Bertz CT molecular complexity index is 625. The van der Waals surface area contributed by atoms with E-state index in [1.807, 2.05) is 4.57 Å². The Hall–Kier alpha value is -2.44. The summed E-state index contributed by atoms with van der Waals surface area (Å²) < 4.78 is 27.9. The fourth-order valence-corrected chi connectivity index (χ4v) is 2.11. The highest BCUT2D eigenvalue weighted by molar-refractivity contribution is 6.03. The van der Waals surface area contributed by atoms with Crippen LogP contribution in [0.15, 0.2) is 24.4 Å². The van der Waals surface area contributed by atoms with Crippen LogP contribution in [0.25, 0.3) is 0 Å². The van der Waals surface area contributed by atoms with Crippen molar-refractivity contribution in [3.8, 4) is 0 Å². The highest BCUT2D eigenvalue weighted by atomic mass is 19.1. The Balaban J connectivity index is 1.80. The highest BCUT2D eigenvalue weighted by Gasteiger charge is 2.16. The molecule has 3 rings (SSSR count). The van der Waals surface area contributed by atoms with Crippen LogP contribution in [0.1, 0.15) is 16.9 Å². The molecule has 0 unspecified atom stereocenters. The molecule has 20 heavy (non-hydrogen) atoms. The number of carbonyl (C=O) groups is 1. The second-order valence-electron chi connectivity index (χ2n) is 4.54. The van der Waals surface area contributed by atoms with Crippen LogP contribution in [0.3, 0.4) is 0 Å². The summed E-state index contributed by atoms with van der Waals surface area (Å²) in [6.45, 7) is 1.60. The number of rotatable bonds is 2. The minimum Gasteiger partial charge on any atom is -0.356 e. The van der Waals surface area contributed by atoms with Crippen LogP contribution in [0.5, 0.6) is 0 Å². The van der Waals surface area contributed by atoms with Gasteiger partial charge in [0.25, 0.3) is 5.91 Å². The highest BCUT2D eigenvalue weighted by Crippen LogP contribution is 2.17. The van der Waals surface area contributed by atoms with Crippen molar-refractivity contribution in [3.63, 3.8) is 0 Å². The summed E-state index contributed by atoms with van der Waals surface area (Å²) in [4.78, 5) is 16.1. The second-order valence-corrected chi connectivity index (χ2v) is 4.54. The number of benzene rings is 1. The molecule has 1 amide bonds. The molecule has 0 spiro atoms. The van der Waals surface area contributed by atoms with Crippen molar-refractivity contribution in [1.29, 1.82) is 0 Å². The number of nitrogens with one attached hydrogen (secondary N) is 2. The molecular weight excluding hydrogens is 266 g/mol. The molecule has 1 aromatic heterocycles. The van der Waals surface area contributed by atoms with Crippen molar-refractivity contribution in [2.45, 2.75) is 13.0 Å². The van der Waals surface area contributed by atoms with Gasteiger partial charge >= 0.3 is 0 Å². The third kappa shape index (κ3) is 2.47. The van der Waals surface area contributed by atoms with Gasteiger partial charge in [0.15, 0.2) is 0 Å². The summed E-state index contributed by atoms with van der Waals surface area (Å²) in [6, 6.07) is 2.85. The molecule has 1 aliphatic rings. The van der Waals surface area contributed by atoms with Crippen molar-refractivity contribution in [1.82, 2.24) is 9.55 Å². The van der Waals surface area contributed by atoms with Crippen molar-refractivity contribution in [2.75, 3.05) is 17.2 Å². The van der Waals surface area contributed by atoms with E-state index in [2.05, 4.69) is 15.6 Å². The van der Waals surface area contributed by atoms with E-state index in [0.29, 0.717) is 5.95 Å². The van der Waals surface area contributed by atoms with Crippen molar-refractivity contribution >= 4 is 17.5 Å². The molecule has 0 bridgehead atoms. The van der Waals surface area contributed by atoms with Gasteiger partial charge in [0.1, 0.15) is 17.3 Å². The average molecular weight is 278 g/mol. The number of aromatic nitrogens is 2. The Morgan fingerprint density at radius 2 is 2.05 bits per heavy atom. The number of amides is 1. The zero-order valence-electron chi connectivity index (χ0n) is 10.5. The number of aryl methyl sites for hydroxylation is 1. The van der Waals surface area contributed by atoms with Gasteiger partial charge in [0, 0.05) is 31.0 Å². The summed E-state index contributed by atoms with van der Waals surface area (Å²) in [5, 5.41) is 5.50. The van der Waals surface area contributed by atoms with Gasteiger partial charge in [0.2, 0.25) is 5.95 Å². The number of imidazole rings is 1. The van der Waals surface area contributed by atoms with Gasteiger partial charge in [-0.15, -0.1) is 0 Å². The number of hydrogen-bond acceptors (Lipinski definition) is 3. The van der Waals surface area contributed by atoms with Crippen LogP contribution in [0, 0.1) is 11.6 Å². The zero-order chi connectivity index (χ0) is 14.1. The van der Waals surface area contributed by atoms with Crippen LogP contribution in [-0.2, 0) is 6.54 Å². The molecular formula is C13H12F2N4O. The van der Waals surface area contributed by atoms with E-state index in [1.54, 1.807) is 6.20 Å². The maximum absolute atomic E-state index is 13.0. The Labute approximate surface area is 113 Å². The van der Waals surface area contributed by atoms with E-state index in [0.717, 1.165) is 37.7 Å². The molecule has 2 aromatic rings. The number of halogens is 2. The molecule has 104 valence electrons. The van der Waals surface area contributed by atoms with Gasteiger partial charge in [-0.3, -0.25) is 4.79 Å². The van der Waals surface area contributed by atoms with Gasteiger partial charge < -0.3 is 15.2 Å². The van der Waals surface area contributed by atoms with Crippen molar-refractivity contribution in [3.05, 3.63) is 41.7 Å². The molecule has 0 atom stereocenters. The van der Waals surface area contributed by atoms with Crippen LogP contribution >= 0.6 is 0 Å². The lowest BCUT2D eigenvalue weighted by atomic mass is 10.3. The topological polar surface area (TPSA) is 59.0 Å². The first-order chi connectivity index (χ1) is 9.61. The lowest BCUT2D eigenvalue weighted by molar-refractivity contribution is 0.102. The smallest absolute Gasteiger partial charge is 0.275 e. The molecule has 0 fully saturated rings. The fraction of sp³-hybridized carbons (Fsp3) is 0.231. The van der Waals surface area contributed by atoms with Crippen LogP contribution < -0.4 is 10.6 Å². The number of fused-ring (bicyclic) bond motifs is 1. The largest absolute Gasteiger partial charge is 0.356 e. The summed E-state index contributed by atoms with van der Waals surface area (Å²) >= 11 is 0. The number of hydrogen-bond donors (Lipinski definition) is 2. The molecule has 5 nitrogen and oxygen atoms in total. The minimum absolute atomic E-state index is 0.0615. The third-order valence-electron chi connectivity index (χ3n) is 2.99. The van der Waals surface area contributed by atoms with Crippen LogP contribution in [0.4, 0.5) is 20.4 Å². The maximum atomic E-state index is 13.0. The van der Waals surface area contributed by atoms with Crippen LogP contribution in [-0.4, -0.2) is 22.0 Å². The Kier molecular flexibility index (Phi) is 3.09. The summed E-state index contributed by atoms with van der Waals surface area (Å²) in [5.74, 6) is -1.36. The maximum Gasteiger partial charge on any atom is 0.275 e. The summed E-state index contributed by atoms with van der Waals surface area (Å²) in [7, 11) is 0. The third-order valence-corrected chi connectivity index (χ3v) is 2.99. The minimum atomic E-state index is -0.744. The number of carbonyl (C=O) groups excluding carboxylic acids is 1. The van der Waals surface area contributed by atoms with E-state index in [1.165, 1.54) is 0 Å². The van der Waals surface area contributed by atoms with Gasteiger partial charge in [-0.25, -0.2) is 13.8 Å². The van der Waals surface area contributed by atoms with Crippen molar-refractivity contribution in [2.24, 2.45) is 0 Å².